The molecule has 2 N–H and O–H groups in total. The Labute approximate surface area is 111 Å². The number of aromatic nitrogens is 2. The molecule has 0 aromatic carbocycles. The van der Waals surface area contributed by atoms with Gasteiger partial charge in [-0.1, -0.05) is 0 Å². The van der Waals surface area contributed by atoms with Gasteiger partial charge in [0.05, 0.1) is 4.47 Å². The van der Waals surface area contributed by atoms with Crippen molar-refractivity contribution in [3.8, 4) is 0 Å². The van der Waals surface area contributed by atoms with E-state index in [0.717, 1.165) is 42.5 Å². The molecule has 1 aromatic rings. The summed E-state index contributed by atoms with van der Waals surface area (Å²) in [7, 11) is 0. The summed E-state index contributed by atoms with van der Waals surface area (Å²) in [6.07, 6.45) is 7.96. The average molecular weight is 299 g/mol. The molecule has 0 radical (unpaired) electrons. The summed E-state index contributed by atoms with van der Waals surface area (Å²) >= 11 is 3.52. The Kier molecular flexibility index (Phi) is 4.34. The smallest absolute Gasteiger partial charge is 0.146 e. The zero-order valence-corrected chi connectivity index (χ0v) is 11.7. The van der Waals surface area contributed by atoms with E-state index in [1.807, 2.05) is 0 Å². The highest BCUT2D eigenvalue weighted by Gasteiger charge is 2.25. The molecule has 0 saturated heterocycles. The fourth-order valence-electron chi connectivity index (χ4n) is 2.51. The summed E-state index contributed by atoms with van der Waals surface area (Å²) in [6.45, 7) is 3.14. The lowest BCUT2D eigenvalue weighted by Gasteiger charge is -2.36. The molecule has 1 saturated carbocycles. The van der Waals surface area contributed by atoms with E-state index in [-0.39, 0.29) is 0 Å². The number of nitrogens with zero attached hydrogens (tertiary/aromatic N) is 3. The zero-order chi connectivity index (χ0) is 12.3. The molecule has 0 atom stereocenters. The van der Waals surface area contributed by atoms with Crippen LogP contribution in [0.5, 0.6) is 0 Å². The van der Waals surface area contributed by atoms with Crippen LogP contribution >= 0.6 is 15.9 Å². The third kappa shape index (κ3) is 2.96. The Morgan fingerprint density at radius 2 is 2.12 bits per heavy atom. The number of rotatable bonds is 3. The Morgan fingerprint density at radius 3 is 2.71 bits per heavy atom. The molecule has 1 heterocycles. The molecule has 0 aliphatic heterocycles. The van der Waals surface area contributed by atoms with E-state index in [9.17, 15) is 0 Å². The van der Waals surface area contributed by atoms with E-state index in [2.05, 4.69) is 37.7 Å². The van der Waals surface area contributed by atoms with Gasteiger partial charge in [-0.2, -0.15) is 0 Å². The minimum atomic E-state index is 0.388. The van der Waals surface area contributed by atoms with Crippen LogP contribution in [0.4, 0.5) is 5.82 Å². The van der Waals surface area contributed by atoms with Crippen molar-refractivity contribution in [1.82, 2.24) is 9.97 Å². The fourth-order valence-corrected chi connectivity index (χ4v) is 2.96. The summed E-state index contributed by atoms with van der Waals surface area (Å²) in [6, 6.07) is 0.949. The van der Waals surface area contributed by atoms with Crippen molar-refractivity contribution in [1.29, 1.82) is 0 Å². The van der Waals surface area contributed by atoms with Crippen LogP contribution in [0.2, 0.25) is 0 Å². The molecular weight excluding hydrogens is 280 g/mol. The van der Waals surface area contributed by atoms with Crippen LogP contribution in [0.3, 0.4) is 0 Å². The number of halogens is 1. The molecular formula is C12H19BrN4. The van der Waals surface area contributed by atoms with E-state index >= 15 is 0 Å². The van der Waals surface area contributed by atoms with Crippen molar-refractivity contribution in [2.24, 2.45) is 5.73 Å². The molecule has 1 aliphatic rings. The normalized spacial score (nSPS) is 24.6. The third-order valence-electron chi connectivity index (χ3n) is 3.44. The minimum Gasteiger partial charge on any atom is -0.353 e. The zero-order valence-electron chi connectivity index (χ0n) is 10.1. The van der Waals surface area contributed by atoms with Gasteiger partial charge in [-0.15, -0.1) is 0 Å². The number of hydrogen-bond donors (Lipinski definition) is 1. The van der Waals surface area contributed by atoms with Crippen LogP contribution in [0.25, 0.3) is 0 Å². The third-order valence-corrected chi connectivity index (χ3v) is 4.00. The van der Waals surface area contributed by atoms with E-state index in [4.69, 9.17) is 5.73 Å². The first-order valence-corrected chi connectivity index (χ1v) is 6.99. The molecule has 0 bridgehead atoms. The number of anilines is 1. The molecule has 5 heteroatoms. The first-order chi connectivity index (χ1) is 8.22. The van der Waals surface area contributed by atoms with Crippen molar-refractivity contribution in [3.63, 3.8) is 0 Å². The Hall–Kier alpha value is -0.680. The summed E-state index contributed by atoms with van der Waals surface area (Å²) < 4.78 is 0.969. The lowest BCUT2D eigenvalue weighted by molar-refractivity contribution is 0.376. The Morgan fingerprint density at radius 1 is 1.41 bits per heavy atom. The van der Waals surface area contributed by atoms with E-state index in [0.29, 0.717) is 12.1 Å². The average Bonchev–Trinajstić information content (AvgIpc) is 2.35. The van der Waals surface area contributed by atoms with Gasteiger partial charge in [0.15, 0.2) is 0 Å². The van der Waals surface area contributed by atoms with Crippen LogP contribution in [0, 0.1) is 0 Å². The van der Waals surface area contributed by atoms with E-state index < -0.39 is 0 Å². The molecule has 1 fully saturated rings. The second kappa shape index (κ2) is 5.78. The molecule has 1 aliphatic carbocycles. The summed E-state index contributed by atoms with van der Waals surface area (Å²) in [5.74, 6) is 1.00. The van der Waals surface area contributed by atoms with E-state index in [1.165, 1.54) is 0 Å². The van der Waals surface area contributed by atoms with Crippen LogP contribution in [0.15, 0.2) is 17.0 Å². The standard InChI is InChI=1S/C12H19BrN4/c1-2-17(10-5-3-9(14)4-6-10)12-11(13)7-15-8-16-12/h7-10H,2-6,14H2,1H3. The van der Waals surface area contributed by atoms with Gasteiger partial charge >= 0.3 is 0 Å². The second-order valence-corrected chi connectivity index (χ2v) is 5.40. The van der Waals surface area contributed by atoms with Gasteiger partial charge in [-0.05, 0) is 48.5 Å². The monoisotopic (exact) mass is 298 g/mol. The molecule has 94 valence electrons. The van der Waals surface area contributed by atoms with Crippen LogP contribution in [0.1, 0.15) is 32.6 Å². The van der Waals surface area contributed by atoms with Crippen molar-refractivity contribution in [2.75, 3.05) is 11.4 Å². The molecule has 0 spiro atoms. The first-order valence-electron chi connectivity index (χ1n) is 6.20. The van der Waals surface area contributed by atoms with Gasteiger partial charge in [0, 0.05) is 24.8 Å². The highest BCUT2D eigenvalue weighted by molar-refractivity contribution is 9.10. The van der Waals surface area contributed by atoms with Gasteiger partial charge in [0.1, 0.15) is 12.1 Å². The maximum Gasteiger partial charge on any atom is 0.146 e. The maximum absolute atomic E-state index is 5.95. The molecule has 4 nitrogen and oxygen atoms in total. The van der Waals surface area contributed by atoms with Crippen molar-refractivity contribution in [3.05, 3.63) is 17.0 Å². The first kappa shape index (κ1) is 12.8. The predicted molar refractivity (Wildman–Crippen MR) is 73.0 cm³/mol. The highest BCUT2D eigenvalue weighted by Crippen LogP contribution is 2.29. The predicted octanol–water partition coefficient (Wildman–Crippen LogP) is 2.34. The fraction of sp³-hybridized carbons (Fsp3) is 0.667. The summed E-state index contributed by atoms with van der Waals surface area (Å²) in [5.41, 5.74) is 5.95. The quantitative estimate of drug-likeness (QED) is 0.930. The molecule has 0 unspecified atom stereocenters. The Bertz CT molecular complexity index is 363. The molecule has 1 aromatic heterocycles. The van der Waals surface area contributed by atoms with Crippen LogP contribution in [-0.4, -0.2) is 28.6 Å². The van der Waals surface area contributed by atoms with Gasteiger partial charge in [0.2, 0.25) is 0 Å². The summed E-state index contributed by atoms with van der Waals surface area (Å²) in [5, 5.41) is 0. The van der Waals surface area contributed by atoms with Gasteiger partial charge in [-0.3, -0.25) is 0 Å². The lowest BCUT2D eigenvalue weighted by Crippen LogP contribution is -2.41. The Balaban J connectivity index is 2.14. The van der Waals surface area contributed by atoms with Crippen molar-refractivity contribution < 1.29 is 0 Å². The van der Waals surface area contributed by atoms with Crippen molar-refractivity contribution >= 4 is 21.7 Å². The highest BCUT2D eigenvalue weighted by atomic mass is 79.9. The molecule has 2 rings (SSSR count). The van der Waals surface area contributed by atoms with Crippen LogP contribution < -0.4 is 10.6 Å². The SMILES string of the molecule is CCN(c1ncncc1Br)C1CCC(N)CC1. The number of hydrogen-bond acceptors (Lipinski definition) is 4. The topological polar surface area (TPSA) is 55.0 Å². The van der Waals surface area contributed by atoms with Crippen LogP contribution in [-0.2, 0) is 0 Å². The number of nitrogens with two attached hydrogens (primary N) is 1. The van der Waals surface area contributed by atoms with Gasteiger partial charge < -0.3 is 10.6 Å². The minimum absolute atomic E-state index is 0.388. The van der Waals surface area contributed by atoms with Crippen molar-refractivity contribution in [2.45, 2.75) is 44.7 Å². The largest absolute Gasteiger partial charge is 0.353 e. The lowest BCUT2D eigenvalue weighted by atomic mass is 9.91. The van der Waals surface area contributed by atoms with Gasteiger partial charge in [0.25, 0.3) is 0 Å². The maximum atomic E-state index is 5.95. The van der Waals surface area contributed by atoms with E-state index in [1.54, 1.807) is 12.5 Å². The molecule has 0 amide bonds. The second-order valence-electron chi connectivity index (χ2n) is 4.55. The summed E-state index contributed by atoms with van der Waals surface area (Å²) in [4.78, 5) is 10.8. The van der Waals surface area contributed by atoms with Gasteiger partial charge in [-0.25, -0.2) is 9.97 Å². The molecule has 17 heavy (non-hydrogen) atoms.